The summed E-state index contributed by atoms with van der Waals surface area (Å²) in [6.07, 6.45) is 6.79. The van der Waals surface area contributed by atoms with Gasteiger partial charge >= 0.3 is 12.0 Å². The molecule has 1 aliphatic carbocycles. The molecular formula is C13H20N4O3. The lowest BCUT2D eigenvalue weighted by molar-refractivity contribution is -0.142. The summed E-state index contributed by atoms with van der Waals surface area (Å²) in [5.74, 6) is -0.145. The Morgan fingerprint density at radius 1 is 1.35 bits per heavy atom. The molecule has 1 aliphatic rings. The SMILES string of the molecule is O=C(NCCc1ncc[nH]1)NC1CCC(C(=O)O)CC1. The third kappa shape index (κ3) is 4.25. The van der Waals surface area contributed by atoms with Crippen molar-refractivity contribution < 1.29 is 14.7 Å². The number of carbonyl (C=O) groups is 2. The van der Waals surface area contributed by atoms with Crippen LogP contribution in [0.3, 0.4) is 0 Å². The maximum atomic E-state index is 11.7. The van der Waals surface area contributed by atoms with Crippen LogP contribution in [0.2, 0.25) is 0 Å². The zero-order valence-electron chi connectivity index (χ0n) is 11.3. The number of aliphatic carboxylic acids is 1. The first kappa shape index (κ1) is 14.4. The molecule has 1 heterocycles. The minimum atomic E-state index is -0.730. The van der Waals surface area contributed by atoms with Crippen LogP contribution in [0.25, 0.3) is 0 Å². The maximum absolute atomic E-state index is 11.7. The normalized spacial score (nSPS) is 22.2. The van der Waals surface area contributed by atoms with E-state index in [1.54, 1.807) is 12.4 Å². The average Bonchev–Trinajstić information content (AvgIpc) is 2.92. The van der Waals surface area contributed by atoms with Gasteiger partial charge in [0.05, 0.1) is 5.92 Å². The number of urea groups is 1. The Morgan fingerprint density at radius 2 is 2.10 bits per heavy atom. The first-order valence-electron chi connectivity index (χ1n) is 6.90. The van der Waals surface area contributed by atoms with Gasteiger partial charge in [0.15, 0.2) is 0 Å². The fraction of sp³-hybridized carbons (Fsp3) is 0.615. The summed E-state index contributed by atoms with van der Waals surface area (Å²) >= 11 is 0. The van der Waals surface area contributed by atoms with Crippen molar-refractivity contribution in [2.45, 2.75) is 38.1 Å². The molecule has 110 valence electrons. The third-order valence-electron chi connectivity index (χ3n) is 3.61. The summed E-state index contributed by atoms with van der Waals surface area (Å²) in [7, 11) is 0. The number of imidazole rings is 1. The second-order valence-electron chi connectivity index (χ2n) is 5.07. The number of aromatic nitrogens is 2. The highest BCUT2D eigenvalue weighted by Crippen LogP contribution is 2.24. The van der Waals surface area contributed by atoms with Crippen molar-refractivity contribution in [2.75, 3.05) is 6.54 Å². The number of hydrogen-bond acceptors (Lipinski definition) is 3. The van der Waals surface area contributed by atoms with Crippen molar-refractivity contribution in [1.82, 2.24) is 20.6 Å². The van der Waals surface area contributed by atoms with Gasteiger partial charge in [0, 0.05) is 31.4 Å². The van der Waals surface area contributed by atoms with Crippen LogP contribution in [0.1, 0.15) is 31.5 Å². The van der Waals surface area contributed by atoms with Gasteiger partial charge in [-0.3, -0.25) is 4.79 Å². The summed E-state index contributed by atoms with van der Waals surface area (Å²) in [6, 6.07) is -0.121. The number of carbonyl (C=O) groups excluding carboxylic acids is 1. The molecule has 4 N–H and O–H groups in total. The standard InChI is InChI=1S/C13H20N4O3/c18-12(19)9-1-3-10(4-2-9)17-13(20)16-6-5-11-14-7-8-15-11/h7-10H,1-6H2,(H,14,15)(H,18,19)(H2,16,17,20). The Balaban J connectivity index is 1.61. The Bertz CT molecular complexity index is 438. The smallest absolute Gasteiger partial charge is 0.315 e. The summed E-state index contributed by atoms with van der Waals surface area (Å²) < 4.78 is 0. The first-order chi connectivity index (χ1) is 9.65. The number of hydrogen-bond donors (Lipinski definition) is 4. The van der Waals surface area contributed by atoms with Crippen LogP contribution in [-0.2, 0) is 11.2 Å². The van der Waals surface area contributed by atoms with Crippen LogP contribution in [-0.4, -0.2) is 39.7 Å². The van der Waals surface area contributed by atoms with Crippen molar-refractivity contribution in [3.8, 4) is 0 Å². The minimum Gasteiger partial charge on any atom is -0.481 e. The highest BCUT2D eigenvalue weighted by atomic mass is 16.4. The Morgan fingerprint density at radius 3 is 2.70 bits per heavy atom. The molecule has 0 spiro atoms. The zero-order chi connectivity index (χ0) is 14.4. The quantitative estimate of drug-likeness (QED) is 0.642. The highest BCUT2D eigenvalue weighted by molar-refractivity contribution is 5.74. The number of amides is 2. The predicted molar refractivity (Wildman–Crippen MR) is 72.2 cm³/mol. The van der Waals surface area contributed by atoms with Gasteiger partial charge in [0.1, 0.15) is 5.82 Å². The van der Waals surface area contributed by atoms with Gasteiger partial charge in [-0.15, -0.1) is 0 Å². The second-order valence-corrected chi connectivity index (χ2v) is 5.07. The van der Waals surface area contributed by atoms with Crippen molar-refractivity contribution >= 4 is 12.0 Å². The number of carboxylic acid groups (broad SMARTS) is 1. The van der Waals surface area contributed by atoms with Gasteiger partial charge in [-0.1, -0.05) is 0 Å². The fourth-order valence-corrected chi connectivity index (χ4v) is 2.45. The van der Waals surface area contributed by atoms with E-state index in [1.807, 2.05) is 0 Å². The highest BCUT2D eigenvalue weighted by Gasteiger charge is 2.26. The molecule has 0 atom stereocenters. The fourth-order valence-electron chi connectivity index (χ4n) is 2.45. The molecule has 0 aliphatic heterocycles. The van der Waals surface area contributed by atoms with Crippen LogP contribution in [0.15, 0.2) is 12.4 Å². The molecule has 0 radical (unpaired) electrons. The number of carboxylic acids is 1. The van der Waals surface area contributed by atoms with Crippen LogP contribution < -0.4 is 10.6 Å². The van der Waals surface area contributed by atoms with E-state index in [-0.39, 0.29) is 18.0 Å². The Labute approximate surface area is 117 Å². The molecule has 7 nitrogen and oxygen atoms in total. The van der Waals surface area contributed by atoms with Crippen LogP contribution in [0, 0.1) is 5.92 Å². The number of rotatable bonds is 5. The monoisotopic (exact) mass is 280 g/mol. The van der Waals surface area contributed by atoms with E-state index in [2.05, 4.69) is 20.6 Å². The van der Waals surface area contributed by atoms with Gasteiger partial charge in [-0.25, -0.2) is 9.78 Å². The van der Waals surface area contributed by atoms with E-state index < -0.39 is 5.97 Å². The Hall–Kier alpha value is -2.05. The zero-order valence-corrected chi connectivity index (χ0v) is 11.3. The van der Waals surface area contributed by atoms with Gasteiger partial charge < -0.3 is 20.7 Å². The van der Waals surface area contributed by atoms with Gasteiger partial charge in [0.25, 0.3) is 0 Å². The summed E-state index contributed by atoms with van der Waals surface area (Å²) in [5, 5.41) is 14.6. The third-order valence-corrected chi connectivity index (χ3v) is 3.61. The van der Waals surface area contributed by atoms with E-state index in [1.165, 1.54) is 0 Å². The van der Waals surface area contributed by atoms with Gasteiger partial charge in [-0.05, 0) is 25.7 Å². The van der Waals surface area contributed by atoms with Gasteiger partial charge in [-0.2, -0.15) is 0 Å². The van der Waals surface area contributed by atoms with E-state index in [4.69, 9.17) is 5.11 Å². The van der Waals surface area contributed by atoms with Crippen LogP contribution in [0.5, 0.6) is 0 Å². The van der Waals surface area contributed by atoms with E-state index >= 15 is 0 Å². The van der Waals surface area contributed by atoms with Crippen molar-refractivity contribution in [1.29, 1.82) is 0 Å². The maximum Gasteiger partial charge on any atom is 0.315 e. The molecule has 1 aromatic heterocycles. The van der Waals surface area contributed by atoms with Gasteiger partial charge in [0.2, 0.25) is 0 Å². The molecule has 1 fully saturated rings. The van der Waals surface area contributed by atoms with Crippen molar-refractivity contribution in [3.63, 3.8) is 0 Å². The van der Waals surface area contributed by atoms with Crippen molar-refractivity contribution in [2.24, 2.45) is 5.92 Å². The molecule has 1 aromatic rings. The van der Waals surface area contributed by atoms with E-state index in [0.29, 0.717) is 25.8 Å². The van der Waals surface area contributed by atoms with Crippen LogP contribution >= 0.6 is 0 Å². The van der Waals surface area contributed by atoms with E-state index in [9.17, 15) is 9.59 Å². The molecule has 0 bridgehead atoms. The minimum absolute atomic E-state index is 0.0780. The second kappa shape index (κ2) is 6.93. The lowest BCUT2D eigenvalue weighted by Crippen LogP contribution is -2.44. The molecule has 0 unspecified atom stereocenters. The topological polar surface area (TPSA) is 107 Å². The summed E-state index contributed by atoms with van der Waals surface area (Å²) in [5.41, 5.74) is 0. The largest absolute Gasteiger partial charge is 0.481 e. The molecule has 20 heavy (non-hydrogen) atoms. The molecule has 0 saturated heterocycles. The molecule has 1 saturated carbocycles. The van der Waals surface area contributed by atoms with Crippen LogP contribution in [0.4, 0.5) is 4.79 Å². The Kier molecular flexibility index (Phi) is 4.97. The molecule has 7 heteroatoms. The van der Waals surface area contributed by atoms with Crippen molar-refractivity contribution in [3.05, 3.63) is 18.2 Å². The summed E-state index contributed by atoms with van der Waals surface area (Å²) in [6.45, 7) is 0.518. The average molecular weight is 280 g/mol. The number of nitrogens with one attached hydrogen (secondary N) is 3. The number of H-pyrrole nitrogens is 1. The van der Waals surface area contributed by atoms with E-state index in [0.717, 1.165) is 18.7 Å². The predicted octanol–water partition coefficient (Wildman–Crippen LogP) is 0.895. The molecule has 2 amide bonds. The molecule has 2 rings (SSSR count). The summed E-state index contributed by atoms with van der Waals surface area (Å²) in [4.78, 5) is 29.6. The first-order valence-corrected chi connectivity index (χ1v) is 6.90. The molecule has 0 aromatic carbocycles. The lowest BCUT2D eigenvalue weighted by Gasteiger charge is -2.26. The number of aromatic amines is 1. The molecular weight excluding hydrogens is 260 g/mol. The number of nitrogens with zero attached hydrogens (tertiary/aromatic N) is 1. The lowest BCUT2D eigenvalue weighted by atomic mass is 9.86.